The number of carbonyl (C=O) groups is 1. The molecule has 1 N–H and O–H groups in total. The SMILES string of the molecule is COc1ccc(-c2coc3c4c(cc(O)c3c2=O)OC(=O)CC4c2ccc(OC(C)C)cc2)cc1. The first-order chi connectivity index (χ1) is 16.9. The third-order valence-electron chi connectivity index (χ3n) is 6.03. The average Bonchev–Trinajstić information content (AvgIpc) is 2.83. The third kappa shape index (κ3) is 4.10. The molecule has 1 unspecified atom stereocenters. The van der Waals surface area contributed by atoms with Gasteiger partial charge in [0.2, 0.25) is 5.43 Å². The van der Waals surface area contributed by atoms with Crippen LogP contribution < -0.4 is 19.6 Å². The van der Waals surface area contributed by atoms with Crippen molar-refractivity contribution in [2.75, 3.05) is 7.11 Å². The van der Waals surface area contributed by atoms with Gasteiger partial charge in [-0.05, 0) is 49.2 Å². The van der Waals surface area contributed by atoms with Crippen LogP contribution >= 0.6 is 0 Å². The maximum absolute atomic E-state index is 13.5. The fourth-order valence-electron chi connectivity index (χ4n) is 4.44. The van der Waals surface area contributed by atoms with Crippen LogP contribution in [-0.4, -0.2) is 24.3 Å². The lowest BCUT2D eigenvalue weighted by molar-refractivity contribution is -0.135. The second-order valence-electron chi connectivity index (χ2n) is 8.69. The summed E-state index contributed by atoms with van der Waals surface area (Å²) in [6.45, 7) is 3.89. The van der Waals surface area contributed by atoms with E-state index in [1.165, 1.54) is 12.3 Å². The molecule has 0 saturated heterocycles. The van der Waals surface area contributed by atoms with E-state index in [1.54, 1.807) is 31.4 Å². The number of benzene rings is 3. The maximum atomic E-state index is 13.5. The zero-order chi connectivity index (χ0) is 24.7. The van der Waals surface area contributed by atoms with Crippen molar-refractivity contribution in [3.8, 4) is 34.1 Å². The van der Waals surface area contributed by atoms with Crippen LogP contribution in [0.1, 0.15) is 37.3 Å². The van der Waals surface area contributed by atoms with Gasteiger partial charge in [0.15, 0.2) is 0 Å². The predicted octanol–water partition coefficient (Wildman–Crippen LogP) is 5.40. The van der Waals surface area contributed by atoms with Gasteiger partial charge in [0, 0.05) is 17.5 Å². The smallest absolute Gasteiger partial charge is 0.312 e. The summed E-state index contributed by atoms with van der Waals surface area (Å²) in [5.74, 6) is 0.397. The van der Waals surface area contributed by atoms with Gasteiger partial charge < -0.3 is 23.7 Å². The number of phenolic OH excluding ortho intramolecular Hbond substituents is 1. The first kappa shape index (κ1) is 22.5. The Morgan fingerprint density at radius 3 is 2.34 bits per heavy atom. The number of rotatable bonds is 5. The number of methoxy groups -OCH3 is 1. The number of ether oxygens (including phenoxy) is 3. The minimum Gasteiger partial charge on any atom is -0.507 e. The molecule has 2 heterocycles. The molecular weight excluding hydrogens is 448 g/mol. The van der Waals surface area contributed by atoms with Crippen molar-refractivity contribution in [3.05, 3.63) is 82.2 Å². The van der Waals surface area contributed by atoms with Crippen molar-refractivity contribution in [2.24, 2.45) is 0 Å². The largest absolute Gasteiger partial charge is 0.507 e. The molecule has 0 radical (unpaired) electrons. The van der Waals surface area contributed by atoms with Crippen LogP contribution in [0, 0.1) is 0 Å². The zero-order valence-electron chi connectivity index (χ0n) is 19.5. The second-order valence-corrected chi connectivity index (χ2v) is 8.69. The zero-order valence-corrected chi connectivity index (χ0v) is 19.5. The topological polar surface area (TPSA) is 95.2 Å². The summed E-state index contributed by atoms with van der Waals surface area (Å²) >= 11 is 0. The van der Waals surface area contributed by atoms with Gasteiger partial charge in [-0.1, -0.05) is 24.3 Å². The lowest BCUT2D eigenvalue weighted by Crippen LogP contribution is -2.22. The van der Waals surface area contributed by atoms with Crippen molar-refractivity contribution >= 4 is 16.9 Å². The van der Waals surface area contributed by atoms with Crippen LogP contribution in [0.15, 0.2) is 70.1 Å². The number of fused-ring (bicyclic) bond motifs is 3. The molecule has 1 aliphatic rings. The molecule has 5 rings (SSSR count). The summed E-state index contributed by atoms with van der Waals surface area (Å²) in [6.07, 6.45) is 1.48. The average molecular weight is 472 g/mol. The van der Waals surface area contributed by atoms with E-state index in [2.05, 4.69) is 0 Å². The minimum atomic E-state index is -0.430. The van der Waals surface area contributed by atoms with Crippen molar-refractivity contribution in [1.82, 2.24) is 0 Å². The van der Waals surface area contributed by atoms with Gasteiger partial charge >= 0.3 is 5.97 Å². The predicted molar refractivity (Wildman–Crippen MR) is 130 cm³/mol. The molecule has 0 bridgehead atoms. The number of carbonyl (C=O) groups excluding carboxylic acids is 1. The van der Waals surface area contributed by atoms with E-state index in [-0.39, 0.29) is 40.4 Å². The lowest BCUT2D eigenvalue weighted by Gasteiger charge is -2.26. The van der Waals surface area contributed by atoms with E-state index in [1.807, 2.05) is 38.1 Å². The van der Waals surface area contributed by atoms with Gasteiger partial charge in [-0.25, -0.2) is 0 Å². The molecule has 1 aliphatic heterocycles. The number of hydrogen-bond donors (Lipinski definition) is 1. The van der Waals surface area contributed by atoms with Crippen molar-refractivity contribution in [1.29, 1.82) is 0 Å². The first-order valence-electron chi connectivity index (χ1n) is 11.3. The number of esters is 1. The highest BCUT2D eigenvalue weighted by Crippen LogP contribution is 2.45. The van der Waals surface area contributed by atoms with Gasteiger partial charge in [0.25, 0.3) is 0 Å². The van der Waals surface area contributed by atoms with Crippen LogP contribution in [-0.2, 0) is 4.79 Å². The molecule has 178 valence electrons. The fraction of sp³-hybridized carbons (Fsp3) is 0.214. The monoisotopic (exact) mass is 472 g/mol. The molecule has 1 atom stereocenters. The Morgan fingerprint density at radius 2 is 1.69 bits per heavy atom. The Hall–Kier alpha value is -4.26. The Balaban J connectivity index is 1.66. The number of hydrogen-bond acceptors (Lipinski definition) is 7. The Labute approximate surface area is 201 Å². The van der Waals surface area contributed by atoms with Gasteiger partial charge in [-0.15, -0.1) is 0 Å². The van der Waals surface area contributed by atoms with E-state index in [0.29, 0.717) is 28.2 Å². The Bertz CT molecular complexity index is 1460. The first-order valence-corrected chi connectivity index (χ1v) is 11.3. The van der Waals surface area contributed by atoms with E-state index in [9.17, 15) is 14.7 Å². The van der Waals surface area contributed by atoms with E-state index < -0.39 is 11.9 Å². The second kappa shape index (κ2) is 8.83. The Morgan fingerprint density at radius 1 is 1.00 bits per heavy atom. The van der Waals surface area contributed by atoms with Crippen molar-refractivity contribution in [3.63, 3.8) is 0 Å². The van der Waals surface area contributed by atoms with Crippen LogP contribution in [0.2, 0.25) is 0 Å². The highest BCUT2D eigenvalue weighted by atomic mass is 16.5. The van der Waals surface area contributed by atoms with Crippen molar-refractivity contribution in [2.45, 2.75) is 32.3 Å². The Kier molecular flexibility index (Phi) is 5.68. The molecule has 0 fully saturated rings. The number of aromatic hydroxyl groups is 1. The molecule has 0 spiro atoms. The molecule has 35 heavy (non-hydrogen) atoms. The molecule has 0 amide bonds. The molecule has 3 aromatic carbocycles. The van der Waals surface area contributed by atoms with Gasteiger partial charge in [0.1, 0.15) is 40.2 Å². The van der Waals surface area contributed by atoms with Crippen LogP contribution in [0.3, 0.4) is 0 Å². The number of phenols is 1. The summed E-state index contributed by atoms with van der Waals surface area (Å²) < 4.78 is 22.3. The maximum Gasteiger partial charge on any atom is 0.312 e. The third-order valence-corrected chi connectivity index (χ3v) is 6.03. The summed E-state index contributed by atoms with van der Waals surface area (Å²) in [6, 6.07) is 15.7. The lowest BCUT2D eigenvalue weighted by atomic mass is 9.85. The molecule has 4 aromatic rings. The van der Waals surface area contributed by atoms with Gasteiger partial charge in [-0.3, -0.25) is 9.59 Å². The summed E-state index contributed by atoms with van der Waals surface area (Å²) in [5, 5.41) is 10.8. The summed E-state index contributed by atoms with van der Waals surface area (Å²) in [4.78, 5) is 25.9. The normalized spacial score (nSPS) is 15.1. The highest BCUT2D eigenvalue weighted by molar-refractivity contribution is 5.94. The molecule has 0 aliphatic carbocycles. The van der Waals surface area contributed by atoms with Crippen LogP contribution in [0.4, 0.5) is 0 Å². The summed E-state index contributed by atoms with van der Waals surface area (Å²) in [5.41, 5.74) is 2.13. The standard InChI is InChI=1S/C28H24O7/c1-15(2)34-19-10-6-16(7-11-19)20-12-24(30)35-23-13-22(29)26-27(31)21(14-33-28(26)25(20)23)17-4-8-18(32-3)9-5-17/h4-11,13-15,20,29H,12H2,1-3H3. The quantitative estimate of drug-likeness (QED) is 0.307. The molecule has 0 saturated carbocycles. The molecule has 1 aromatic heterocycles. The van der Waals surface area contributed by atoms with Crippen LogP contribution in [0.25, 0.3) is 22.1 Å². The minimum absolute atomic E-state index is 0.0346. The molecule has 7 heteroatoms. The molecular formula is C28H24O7. The van der Waals surface area contributed by atoms with E-state index in [0.717, 1.165) is 5.56 Å². The van der Waals surface area contributed by atoms with Crippen molar-refractivity contribution < 1.29 is 28.5 Å². The highest BCUT2D eigenvalue weighted by Gasteiger charge is 2.33. The van der Waals surface area contributed by atoms with Gasteiger partial charge in [0.05, 0.1) is 25.2 Å². The summed E-state index contributed by atoms with van der Waals surface area (Å²) in [7, 11) is 1.56. The fourth-order valence-corrected chi connectivity index (χ4v) is 4.44. The van der Waals surface area contributed by atoms with E-state index >= 15 is 0 Å². The van der Waals surface area contributed by atoms with Gasteiger partial charge in [-0.2, -0.15) is 0 Å². The molecule has 7 nitrogen and oxygen atoms in total. The van der Waals surface area contributed by atoms with E-state index in [4.69, 9.17) is 18.6 Å². The van der Waals surface area contributed by atoms with Crippen LogP contribution in [0.5, 0.6) is 23.0 Å².